The molecule has 0 amide bonds. The first-order valence-electron chi connectivity index (χ1n) is 11.1. The Balaban J connectivity index is 1.63. The average molecular weight is 393 g/mol. The molecule has 1 saturated heterocycles. The molecule has 2 aliphatic rings. The van der Waals surface area contributed by atoms with Crippen LogP contribution in [-0.2, 0) is 15.1 Å². The van der Waals surface area contributed by atoms with Gasteiger partial charge in [-0.1, -0.05) is 68.7 Å². The minimum atomic E-state index is -0.480. The number of rotatable bonds is 5. The molecule has 1 saturated carbocycles. The standard InChI is InChI=1S/C26H32O3/c1-2-23(19-10-9-15-22(27)16-19)24-18-29-26(17-25(24)28,20-11-5-3-6-12-20)21-13-7-4-8-14-21/h3,5-6,9-12,15-16,21,23-24,27H,2,4,7-8,13-14,17-18H2,1H3. The number of phenols is 1. The van der Waals surface area contributed by atoms with Gasteiger partial charge in [0, 0.05) is 12.3 Å². The molecule has 2 aromatic rings. The highest BCUT2D eigenvalue weighted by atomic mass is 16.5. The zero-order valence-electron chi connectivity index (χ0n) is 17.3. The maximum Gasteiger partial charge on any atom is 0.142 e. The van der Waals surface area contributed by atoms with Crippen LogP contribution < -0.4 is 0 Å². The predicted molar refractivity (Wildman–Crippen MR) is 115 cm³/mol. The summed E-state index contributed by atoms with van der Waals surface area (Å²) in [6.07, 6.45) is 7.31. The Bertz CT molecular complexity index is 825. The number of Topliss-reactive ketones (excluding diaryl/α,β-unsaturated/α-hetero) is 1. The molecular weight excluding hydrogens is 360 g/mol. The Labute approximate surface area is 174 Å². The number of benzene rings is 2. The van der Waals surface area contributed by atoms with E-state index >= 15 is 0 Å². The Morgan fingerprint density at radius 3 is 2.48 bits per heavy atom. The molecule has 1 N–H and O–H groups in total. The van der Waals surface area contributed by atoms with Crippen LogP contribution in [-0.4, -0.2) is 17.5 Å². The summed E-state index contributed by atoms with van der Waals surface area (Å²) in [6, 6.07) is 17.8. The summed E-state index contributed by atoms with van der Waals surface area (Å²) in [7, 11) is 0. The number of ether oxygens (including phenoxy) is 1. The van der Waals surface area contributed by atoms with Gasteiger partial charge in [0.25, 0.3) is 0 Å². The maximum atomic E-state index is 13.5. The fraction of sp³-hybridized carbons (Fsp3) is 0.500. The first-order chi connectivity index (χ1) is 14.1. The predicted octanol–water partition coefficient (Wildman–Crippen LogP) is 5.97. The summed E-state index contributed by atoms with van der Waals surface area (Å²) in [4.78, 5) is 13.5. The molecule has 2 fully saturated rings. The van der Waals surface area contributed by atoms with E-state index in [1.54, 1.807) is 12.1 Å². The second-order valence-corrected chi connectivity index (χ2v) is 8.76. The quantitative estimate of drug-likeness (QED) is 0.682. The number of carbonyl (C=O) groups excluding carboxylic acids is 1. The molecule has 0 spiro atoms. The van der Waals surface area contributed by atoms with Crippen molar-refractivity contribution >= 4 is 5.78 Å². The fourth-order valence-corrected chi connectivity index (χ4v) is 5.59. The van der Waals surface area contributed by atoms with Crippen LogP contribution >= 0.6 is 0 Å². The summed E-state index contributed by atoms with van der Waals surface area (Å²) in [5.41, 5.74) is 1.70. The van der Waals surface area contributed by atoms with Crippen molar-refractivity contribution in [1.29, 1.82) is 0 Å². The number of carbonyl (C=O) groups is 1. The highest BCUT2D eigenvalue weighted by Gasteiger charge is 2.49. The van der Waals surface area contributed by atoms with Crippen LogP contribution in [0.5, 0.6) is 5.75 Å². The van der Waals surface area contributed by atoms with E-state index in [2.05, 4.69) is 31.2 Å². The number of hydrogen-bond acceptors (Lipinski definition) is 3. The molecule has 154 valence electrons. The van der Waals surface area contributed by atoms with Gasteiger partial charge in [0.1, 0.15) is 17.1 Å². The normalized spacial score (nSPS) is 26.9. The molecule has 1 aliphatic carbocycles. The average Bonchev–Trinajstić information content (AvgIpc) is 2.77. The zero-order valence-corrected chi connectivity index (χ0v) is 17.3. The topological polar surface area (TPSA) is 46.5 Å². The smallest absolute Gasteiger partial charge is 0.142 e. The minimum absolute atomic E-state index is 0.0785. The molecule has 2 aromatic carbocycles. The van der Waals surface area contributed by atoms with E-state index in [9.17, 15) is 9.90 Å². The molecule has 0 aromatic heterocycles. The van der Waals surface area contributed by atoms with Crippen LogP contribution in [0.2, 0.25) is 0 Å². The molecule has 29 heavy (non-hydrogen) atoms. The van der Waals surface area contributed by atoms with E-state index < -0.39 is 5.60 Å². The van der Waals surface area contributed by atoms with E-state index in [4.69, 9.17) is 4.74 Å². The Hall–Kier alpha value is -2.13. The van der Waals surface area contributed by atoms with Gasteiger partial charge < -0.3 is 9.84 Å². The van der Waals surface area contributed by atoms with Crippen LogP contribution in [0.25, 0.3) is 0 Å². The molecule has 3 atom stereocenters. The van der Waals surface area contributed by atoms with Crippen molar-refractivity contribution in [3.63, 3.8) is 0 Å². The van der Waals surface area contributed by atoms with Gasteiger partial charge in [0.15, 0.2) is 0 Å². The molecular formula is C26H32O3. The van der Waals surface area contributed by atoms with E-state index in [0.29, 0.717) is 24.7 Å². The van der Waals surface area contributed by atoms with E-state index in [-0.39, 0.29) is 17.6 Å². The molecule has 0 bridgehead atoms. The molecule has 3 unspecified atom stereocenters. The Kier molecular flexibility index (Phi) is 6.05. The first kappa shape index (κ1) is 20.2. The van der Waals surface area contributed by atoms with Gasteiger partial charge in [0.05, 0.1) is 6.61 Å². The highest BCUT2D eigenvalue weighted by molar-refractivity contribution is 5.84. The van der Waals surface area contributed by atoms with Gasteiger partial charge in [-0.3, -0.25) is 4.79 Å². The maximum absolute atomic E-state index is 13.5. The number of aromatic hydroxyl groups is 1. The lowest BCUT2D eigenvalue weighted by molar-refractivity contribution is -0.169. The molecule has 1 heterocycles. The van der Waals surface area contributed by atoms with Gasteiger partial charge in [0.2, 0.25) is 0 Å². The van der Waals surface area contributed by atoms with Gasteiger partial charge in [-0.25, -0.2) is 0 Å². The molecule has 4 rings (SSSR count). The fourth-order valence-electron chi connectivity index (χ4n) is 5.59. The monoisotopic (exact) mass is 392 g/mol. The van der Waals surface area contributed by atoms with E-state index in [1.807, 2.05) is 18.2 Å². The van der Waals surface area contributed by atoms with Crippen LogP contribution in [0.4, 0.5) is 0 Å². The van der Waals surface area contributed by atoms with Gasteiger partial charge >= 0.3 is 0 Å². The SMILES string of the molecule is CCC(c1cccc(O)c1)C1COC(c2ccccc2)(C2CCCCC2)CC1=O. The summed E-state index contributed by atoms with van der Waals surface area (Å²) in [5, 5.41) is 9.91. The summed E-state index contributed by atoms with van der Waals surface area (Å²) in [6.45, 7) is 2.57. The Morgan fingerprint density at radius 2 is 1.83 bits per heavy atom. The van der Waals surface area contributed by atoms with Crippen molar-refractivity contribution in [3.05, 3.63) is 65.7 Å². The number of ketones is 1. The van der Waals surface area contributed by atoms with Crippen molar-refractivity contribution in [1.82, 2.24) is 0 Å². The molecule has 3 nitrogen and oxygen atoms in total. The summed E-state index contributed by atoms with van der Waals surface area (Å²) in [5.74, 6) is 0.896. The van der Waals surface area contributed by atoms with E-state index in [1.165, 1.54) is 19.3 Å². The Morgan fingerprint density at radius 1 is 1.07 bits per heavy atom. The molecule has 0 radical (unpaired) electrons. The van der Waals surface area contributed by atoms with Crippen LogP contribution in [0.3, 0.4) is 0 Å². The number of hydrogen-bond donors (Lipinski definition) is 1. The third kappa shape index (κ3) is 3.98. The van der Waals surface area contributed by atoms with Crippen molar-refractivity contribution in [2.75, 3.05) is 6.61 Å². The second kappa shape index (κ2) is 8.71. The van der Waals surface area contributed by atoms with Crippen molar-refractivity contribution < 1.29 is 14.6 Å². The van der Waals surface area contributed by atoms with E-state index in [0.717, 1.165) is 30.4 Å². The largest absolute Gasteiger partial charge is 0.508 e. The van der Waals surface area contributed by atoms with Gasteiger partial charge in [-0.15, -0.1) is 0 Å². The minimum Gasteiger partial charge on any atom is -0.508 e. The highest BCUT2D eigenvalue weighted by Crippen LogP contribution is 2.49. The third-order valence-corrected chi connectivity index (χ3v) is 7.12. The van der Waals surface area contributed by atoms with Crippen LogP contribution in [0.15, 0.2) is 54.6 Å². The third-order valence-electron chi connectivity index (χ3n) is 7.12. The molecule has 1 aliphatic heterocycles. The second-order valence-electron chi connectivity index (χ2n) is 8.76. The lowest BCUT2D eigenvalue weighted by Crippen LogP contribution is -2.49. The first-order valence-corrected chi connectivity index (χ1v) is 11.1. The lowest BCUT2D eigenvalue weighted by Gasteiger charge is -2.47. The van der Waals surface area contributed by atoms with Crippen molar-refractivity contribution in [3.8, 4) is 5.75 Å². The number of phenolic OH excluding ortho intramolecular Hbond substituents is 1. The summed E-state index contributed by atoms with van der Waals surface area (Å²) < 4.78 is 6.73. The van der Waals surface area contributed by atoms with Crippen molar-refractivity contribution in [2.24, 2.45) is 11.8 Å². The van der Waals surface area contributed by atoms with Crippen molar-refractivity contribution in [2.45, 2.75) is 63.4 Å². The van der Waals surface area contributed by atoms with Crippen LogP contribution in [0.1, 0.15) is 68.9 Å². The summed E-state index contributed by atoms with van der Waals surface area (Å²) >= 11 is 0. The molecule has 3 heteroatoms. The van der Waals surface area contributed by atoms with Crippen LogP contribution in [0, 0.1) is 11.8 Å². The van der Waals surface area contributed by atoms with Gasteiger partial charge in [-0.2, -0.15) is 0 Å². The van der Waals surface area contributed by atoms with Gasteiger partial charge in [-0.05, 0) is 54.4 Å². The zero-order chi connectivity index (χ0) is 20.3. The lowest BCUT2D eigenvalue weighted by atomic mass is 9.67.